The molecular weight excluding hydrogens is 530 g/mol. The van der Waals surface area contributed by atoms with E-state index in [0.717, 1.165) is 23.9 Å². The summed E-state index contributed by atoms with van der Waals surface area (Å²) in [6.07, 6.45) is -4.73. The number of hydrogen-bond acceptors (Lipinski definition) is 2. The molecule has 0 aliphatic carbocycles. The summed E-state index contributed by atoms with van der Waals surface area (Å²) < 4.78 is 62.8. The normalized spacial score (nSPS) is 11.5. The first-order chi connectivity index (χ1) is 16.6. The van der Waals surface area contributed by atoms with Gasteiger partial charge in [-0.15, -0.1) is 0 Å². The minimum atomic E-state index is -4.73. The Kier molecular flexibility index (Phi) is 6.71. The fourth-order valence-corrected chi connectivity index (χ4v) is 4.18. The predicted octanol–water partition coefficient (Wildman–Crippen LogP) is 7.65. The standard InChI is InChI=1S/C26H18BrF4NO3/c1-15-8-10-23(32(15)18-5-2-4-16(12-18)25(33)34)19-13-17(27)9-11-24(19)35-14-20-21(26(29,30)31)6-3-7-22(20)28/h2-13H,14H2,1H3,(H,33,34). The number of aromatic carboxylic acids is 1. The van der Waals surface area contributed by atoms with Crippen molar-refractivity contribution in [3.63, 3.8) is 0 Å². The van der Waals surface area contributed by atoms with Gasteiger partial charge in [-0.05, 0) is 67.6 Å². The topological polar surface area (TPSA) is 51.5 Å². The number of benzene rings is 3. The second kappa shape index (κ2) is 9.58. The number of carbonyl (C=O) groups is 1. The largest absolute Gasteiger partial charge is 0.488 e. The van der Waals surface area contributed by atoms with E-state index < -0.39 is 35.7 Å². The lowest BCUT2D eigenvalue weighted by Gasteiger charge is -2.18. The van der Waals surface area contributed by atoms with Gasteiger partial charge in [0.25, 0.3) is 0 Å². The molecule has 4 nitrogen and oxygen atoms in total. The number of alkyl halides is 3. The van der Waals surface area contributed by atoms with Gasteiger partial charge >= 0.3 is 12.1 Å². The van der Waals surface area contributed by atoms with Crippen LogP contribution >= 0.6 is 15.9 Å². The zero-order valence-corrected chi connectivity index (χ0v) is 19.8. The summed E-state index contributed by atoms with van der Waals surface area (Å²) in [5.74, 6) is -1.85. The van der Waals surface area contributed by atoms with Crippen molar-refractivity contribution in [2.24, 2.45) is 0 Å². The molecule has 4 rings (SSSR count). The van der Waals surface area contributed by atoms with E-state index in [2.05, 4.69) is 15.9 Å². The van der Waals surface area contributed by atoms with Gasteiger partial charge in [0.1, 0.15) is 18.2 Å². The van der Waals surface area contributed by atoms with Crippen LogP contribution in [0, 0.1) is 12.7 Å². The lowest BCUT2D eigenvalue weighted by molar-refractivity contribution is -0.138. The van der Waals surface area contributed by atoms with Gasteiger partial charge in [0.05, 0.1) is 16.8 Å². The van der Waals surface area contributed by atoms with Gasteiger partial charge in [-0.2, -0.15) is 13.2 Å². The first-order valence-corrected chi connectivity index (χ1v) is 11.1. The van der Waals surface area contributed by atoms with Crippen molar-refractivity contribution in [3.05, 3.63) is 105 Å². The maximum absolute atomic E-state index is 14.3. The number of aryl methyl sites for hydroxylation is 1. The first-order valence-electron chi connectivity index (χ1n) is 10.4. The molecule has 1 N–H and O–H groups in total. The molecule has 0 aliphatic rings. The van der Waals surface area contributed by atoms with Crippen LogP contribution in [0.5, 0.6) is 5.75 Å². The van der Waals surface area contributed by atoms with E-state index in [1.165, 1.54) is 12.1 Å². The number of rotatable bonds is 6. The highest BCUT2D eigenvalue weighted by atomic mass is 79.9. The molecule has 0 saturated carbocycles. The summed E-state index contributed by atoms with van der Waals surface area (Å²) in [6.45, 7) is 1.20. The van der Waals surface area contributed by atoms with Crippen molar-refractivity contribution in [3.8, 4) is 22.7 Å². The fraction of sp³-hybridized carbons (Fsp3) is 0.115. The van der Waals surface area contributed by atoms with Gasteiger partial charge in [0, 0.05) is 27.0 Å². The molecule has 1 heterocycles. The molecule has 0 atom stereocenters. The van der Waals surface area contributed by atoms with Crippen LogP contribution < -0.4 is 4.74 Å². The Bertz CT molecular complexity index is 1410. The van der Waals surface area contributed by atoms with Crippen LogP contribution in [0.4, 0.5) is 17.6 Å². The summed E-state index contributed by atoms with van der Waals surface area (Å²) in [4.78, 5) is 11.5. The average molecular weight is 548 g/mol. The number of aromatic nitrogens is 1. The van der Waals surface area contributed by atoms with Crippen molar-refractivity contribution in [1.82, 2.24) is 4.57 Å². The van der Waals surface area contributed by atoms with Crippen LogP contribution in [-0.4, -0.2) is 15.6 Å². The number of carboxylic acids is 1. The smallest absolute Gasteiger partial charge is 0.416 e. The third-order valence-electron chi connectivity index (χ3n) is 5.44. The van der Waals surface area contributed by atoms with Crippen molar-refractivity contribution in [1.29, 1.82) is 0 Å². The zero-order chi connectivity index (χ0) is 25.3. The van der Waals surface area contributed by atoms with Gasteiger partial charge in [-0.1, -0.05) is 28.1 Å². The van der Waals surface area contributed by atoms with Crippen LogP contribution in [-0.2, 0) is 12.8 Å². The van der Waals surface area contributed by atoms with Crippen LogP contribution in [0.15, 0.2) is 77.3 Å². The quantitative estimate of drug-likeness (QED) is 0.252. The maximum atomic E-state index is 14.3. The van der Waals surface area contributed by atoms with E-state index in [1.807, 2.05) is 17.6 Å². The van der Waals surface area contributed by atoms with E-state index >= 15 is 0 Å². The Morgan fingerprint density at radius 3 is 2.49 bits per heavy atom. The lowest BCUT2D eigenvalue weighted by Crippen LogP contribution is -2.13. The predicted molar refractivity (Wildman–Crippen MR) is 126 cm³/mol. The Balaban J connectivity index is 1.78. The molecule has 0 saturated heterocycles. The molecule has 3 aromatic carbocycles. The number of halogens is 5. The molecule has 0 unspecified atom stereocenters. The summed E-state index contributed by atoms with van der Waals surface area (Å²) in [6, 6.07) is 17.7. The average Bonchev–Trinajstić information content (AvgIpc) is 3.19. The van der Waals surface area contributed by atoms with Gasteiger partial charge in [0.15, 0.2) is 0 Å². The van der Waals surface area contributed by atoms with Gasteiger partial charge in [-0.25, -0.2) is 9.18 Å². The highest BCUT2D eigenvalue weighted by Gasteiger charge is 2.34. The van der Waals surface area contributed by atoms with Crippen LogP contribution in [0.25, 0.3) is 16.9 Å². The van der Waals surface area contributed by atoms with E-state index in [9.17, 15) is 27.5 Å². The third-order valence-corrected chi connectivity index (χ3v) is 5.93. The van der Waals surface area contributed by atoms with Crippen LogP contribution in [0.2, 0.25) is 0 Å². The van der Waals surface area contributed by atoms with Crippen molar-refractivity contribution in [2.75, 3.05) is 0 Å². The molecule has 0 spiro atoms. The highest BCUT2D eigenvalue weighted by molar-refractivity contribution is 9.10. The lowest BCUT2D eigenvalue weighted by atomic mass is 10.1. The van der Waals surface area contributed by atoms with Gasteiger partial charge in [0.2, 0.25) is 0 Å². The summed E-state index contributed by atoms with van der Waals surface area (Å²) in [7, 11) is 0. The molecule has 0 aliphatic heterocycles. The minimum absolute atomic E-state index is 0.103. The summed E-state index contributed by atoms with van der Waals surface area (Å²) >= 11 is 3.41. The SMILES string of the molecule is Cc1ccc(-c2cc(Br)ccc2OCc2c(F)cccc2C(F)(F)F)n1-c1cccc(C(=O)O)c1. The molecule has 0 bridgehead atoms. The Labute approximate surface area is 206 Å². The minimum Gasteiger partial charge on any atom is -0.488 e. The monoisotopic (exact) mass is 547 g/mol. The molecule has 35 heavy (non-hydrogen) atoms. The van der Waals surface area contributed by atoms with Crippen molar-refractivity contribution < 1.29 is 32.2 Å². The number of ether oxygens (including phenoxy) is 1. The Morgan fingerprint density at radius 2 is 1.77 bits per heavy atom. The molecule has 1 aromatic heterocycles. The van der Waals surface area contributed by atoms with E-state index in [0.29, 0.717) is 21.4 Å². The van der Waals surface area contributed by atoms with E-state index in [-0.39, 0.29) is 11.3 Å². The fourth-order valence-electron chi connectivity index (χ4n) is 3.82. The zero-order valence-electron chi connectivity index (χ0n) is 18.2. The molecule has 9 heteroatoms. The molecule has 4 aromatic rings. The van der Waals surface area contributed by atoms with E-state index in [4.69, 9.17) is 4.74 Å². The third kappa shape index (κ3) is 5.09. The molecule has 0 radical (unpaired) electrons. The molecular formula is C26H18BrF4NO3. The summed E-state index contributed by atoms with van der Waals surface area (Å²) in [5.41, 5.74) is 0.940. The van der Waals surface area contributed by atoms with Gasteiger partial charge < -0.3 is 14.4 Å². The number of carboxylic acid groups (broad SMARTS) is 1. The second-order valence-corrected chi connectivity index (χ2v) is 8.66. The molecule has 0 amide bonds. The van der Waals surface area contributed by atoms with Crippen LogP contribution in [0.3, 0.4) is 0 Å². The molecule has 0 fully saturated rings. The van der Waals surface area contributed by atoms with Crippen molar-refractivity contribution in [2.45, 2.75) is 19.7 Å². The highest BCUT2D eigenvalue weighted by Crippen LogP contribution is 2.38. The Morgan fingerprint density at radius 1 is 1.03 bits per heavy atom. The first kappa shape index (κ1) is 24.5. The van der Waals surface area contributed by atoms with Gasteiger partial charge in [-0.3, -0.25) is 0 Å². The van der Waals surface area contributed by atoms with Crippen molar-refractivity contribution >= 4 is 21.9 Å². The second-order valence-electron chi connectivity index (χ2n) is 7.74. The summed E-state index contributed by atoms with van der Waals surface area (Å²) in [5, 5.41) is 9.38. The maximum Gasteiger partial charge on any atom is 0.416 e. The molecule has 180 valence electrons. The van der Waals surface area contributed by atoms with Crippen LogP contribution in [0.1, 0.15) is 27.2 Å². The number of hydrogen-bond donors (Lipinski definition) is 1. The Hall–Kier alpha value is -3.59. The number of nitrogens with zero attached hydrogens (tertiary/aromatic N) is 1. The van der Waals surface area contributed by atoms with E-state index in [1.54, 1.807) is 36.4 Å².